The van der Waals surface area contributed by atoms with Gasteiger partial charge in [-0.15, -0.1) is 0 Å². The molecule has 0 radical (unpaired) electrons. The topological polar surface area (TPSA) is 69.6 Å². The number of hydrogen-bond acceptors (Lipinski definition) is 2. The van der Waals surface area contributed by atoms with Gasteiger partial charge in [0, 0.05) is 6.04 Å². The lowest BCUT2D eigenvalue weighted by Gasteiger charge is -2.29. The molecule has 18 heavy (non-hydrogen) atoms. The lowest BCUT2D eigenvalue weighted by atomic mass is 10.2. The Morgan fingerprint density at radius 3 is 2.11 bits per heavy atom. The van der Waals surface area contributed by atoms with Crippen LogP contribution in [0.5, 0.6) is 0 Å². The van der Waals surface area contributed by atoms with E-state index < -0.39 is 36.8 Å². The highest BCUT2D eigenvalue weighted by atomic mass is 19.4. The molecule has 106 valence electrons. The van der Waals surface area contributed by atoms with Gasteiger partial charge in [-0.1, -0.05) is 6.92 Å². The number of carbonyl (C=O) groups excluding carboxylic acids is 1. The Morgan fingerprint density at radius 2 is 1.83 bits per heavy atom. The summed E-state index contributed by atoms with van der Waals surface area (Å²) in [5, 5.41) is 10.8. The smallest absolute Gasteiger partial charge is 0.406 e. The average molecular weight is 270 g/mol. The Morgan fingerprint density at radius 1 is 1.33 bits per heavy atom. The van der Waals surface area contributed by atoms with Crippen LogP contribution in [-0.2, 0) is 4.79 Å². The largest absolute Gasteiger partial charge is 0.480 e. The molecule has 1 unspecified atom stereocenters. The van der Waals surface area contributed by atoms with Crippen molar-refractivity contribution in [3.63, 3.8) is 0 Å². The number of alkyl halides is 3. The van der Waals surface area contributed by atoms with Gasteiger partial charge < -0.3 is 15.3 Å². The van der Waals surface area contributed by atoms with E-state index in [0.29, 0.717) is 4.90 Å². The summed E-state index contributed by atoms with van der Waals surface area (Å²) in [4.78, 5) is 22.8. The predicted octanol–water partition coefficient (Wildman–Crippen LogP) is 1.83. The van der Waals surface area contributed by atoms with Crippen molar-refractivity contribution >= 4 is 12.0 Å². The second kappa shape index (κ2) is 6.46. The summed E-state index contributed by atoms with van der Waals surface area (Å²) in [6.45, 7) is 2.95. The maximum atomic E-state index is 12.3. The van der Waals surface area contributed by atoms with Gasteiger partial charge in [-0.3, -0.25) is 0 Å². The number of hydrogen-bond donors (Lipinski definition) is 2. The van der Waals surface area contributed by atoms with Crippen molar-refractivity contribution in [2.75, 3.05) is 6.54 Å². The molecule has 5 nitrogen and oxygen atoms in total. The van der Waals surface area contributed by atoms with Gasteiger partial charge in [0.15, 0.2) is 0 Å². The summed E-state index contributed by atoms with van der Waals surface area (Å²) in [5.41, 5.74) is 0. The quantitative estimate of drug-likeness (QED) is 0.800. The minimum absolute atomic E-state index is 0.0963. The van der Waals surface area contributed by atoms with E-state index in [1.54, 1.807) is 0 Å². The van der Waals surface area contributed by atoms with Crippen molar-refractivity contribution in [2.24, 2.45) is 0 Å². The van der Waals surface area contributed by atoms with Crippen LogP contribution in [0, 0.1) is 0 Å². The van der Waals surface area contributed by atoms with E-state index in [1.807, 2.05) is 0 Å². The number of carboxylic acid groups (broad SMARTS) is 1. The second-order valence-electron chi connectivity index (χ2n) is 4.09. The molecule has 0 fully saturated rings. The van der Waals surface area contributed by atoms with E-state index in [-0.39, 0.29) is 6.42 Å². The summed E-state index contributed by atoms with van der Waals surface area (Å²) >= 11 is 0. The van der Waals surface area contributed by atoms with E-state index in [9.17, 15) is 22.8 Å². The van der Waals surface area contributed by atoms with E-state index in [0.717, 1.165) is 0 Å². The molecule has 2 N–H and O–H groups in total. The van der Waals surface area contributed by atoms with Crippen molar-refractivity contribution in [1.29, 1.82) is 0 Å². The first-order valence-corrected chi connectivity index (χ1v) is 5.45. The molecule has 0 heterocycles. The number of rotatable bonds is 5. The number of carbonyl (C=O) groups is 2. The third kappa shape index (κ3) is 5.74. The molecule has 0 aliphatic carbocycles. The zero-order valence-corrected chi connectivity index (χ0v) is 10.4. The zero-order chi connectivity index (χ0) is 14.5. The molecule has 8 heteroatoms. The number of carboxylic acids is 1. The number of amides is 2. The van der Waals surface area contributed by atoms with Crippen LogP contribution in [0.15, 0.2) is 0 Å². The van der Waals surface area contributed by atoms with Gasteiger partial charge in [-0.25, -0.2) is 9.59 Å². The number of nitrogens with one attached hydrogen (secondary N) is 1. The summed E-state index contributed by atoms with van der Waals surface area (Å²) in [5.74, 6) is -1.28. The molecule has 0 aromatic rings. The van der Waals surface area contributed by atoms with Crippen molar-refractivity contribution in [3.8, 4) is 0 Å². The Labute approximate surface area is 103 Å². The molecular formula is C10H17F3N2O3. The summed E-state index contributed by atoms with van der Waals surface area (Å²) < 4.78 is 36.8. The van der Waals surface area contributed by atoms with Crippen molar-refractivity contribution < 1.29 is 27.9 Å². The van der Waals surface area contributed by atoms with Gasteiger partial charge in [0.1, 0.15) is 12.6 Å². The molecule has 0 aromatic heterocycles. The number of urea groups is 1. The van der Waals surface area contributed by atoms with Crippen LogP contribution in [0.1, 0.15) is 27.2 Å². The molecule has 0 bridgehead atoms. The molecular weight excluding hydrogens is 253 g/mol. The van der Waals surface area contributed by atoms with Gasteiger partial charge in [-0.2, -0.15) is 13.2 Å². The van der Waals surface area contributed by atoms with Gasteiger partial charge in [0.25, 0.3) is 0 Å². The van der Waals surface area contributed by atoms with Crippen molar-refractivity contribution in [2.45, 2.75) is 45.5 Å². The van der Waals surface area contributed by atoms with Crippen molar-refractivity contribution in [3.05, 3.63) is 0 Å². The molecule has 0 spiro atoms. The van der Waals surface area contributed by atoms with Crippen LogP contribution < -0.4 is 5.32 Å². The second-order valence-corrected chi connectivity index (χ2v) is 4.09. The highest BCUT2D eigenvalue weighted by molar-refractivity contribution is 5.82. The summed E-state index contributed by atoms with van der Waals surface area (Å²) in [6.07, 6.45) is -4.43. The molecule has 0 rings (SSSR count). The number of nitrogens with zero attached hydrogens (tertiary/aromatic N) is 1. The summed E-state index contributed by atoms with van der Waals surface area (Å²) in [6, 6.07) is -2.90. The van der Waals surface area contributed by atoms with Crippen LogP contribution in [0.2, 0.25) is 0 Å². The molecule has 0 aromatic carbocycles. The normalized spacial score (nSPS) is 13.3. The Bertz CT molecular complexity index is 305. The molecule has 2 amide bonds. The van der Waals surface area contributed by atoms with Crippen LogP contribution in [0.3, 0.4) is 0 Å². The number of aliphatic carboxylic acids is 1. The maximum absolute atomic E-state index is 12.3. The SMILES string of the molecule is CCC(NC(=O)N(CC(F)(F)F)C(C)C)C(=O)O. The first-order valence-electron chi connectivity index (χ1n) is 5.45. The fourth-order valence-corrected chi connectivity index (χ4v) is 1.25. The van der Waals surface area contributed by atoms with E-state index in [2.05, 4.69) is 5.32 Å². The van der Waals surface area contributed by atoms with E-state index >= 15 is 0 Å². The lowest BCUT2D eigenvalue weighted by molar-refractivity contribution is -0.143. The van der Waals surface area contributed by atoms with Crippen LogP contribution >= 0.6 is 0 Å². The maximum Gasteiger partial charge on any atom is 0.406 e. The van der Waals surface area contributed by atoms with E-state index in [1.165, 1.54) is 20.8 Å². The zero-order valence-electron chi connectivity index (χ0n) is 10.4. The van der Waals surface area contributed by atoms with Crippen LogP contribution in [0.4, 0.5) is 18.0 Å². The first-order chi connectivity index (χ1) is 8.08. The van der Waals surface area contributed by atoms with Crippen LogP contribution in [0.25, 0.3) is 0 Å². The monoisotopic (exact) mass is 270 g/mol. The molecule has 1 atom stereocenters. The van der Waals surface area contributed by atoms with Crippen molar-refractivity contribution in [1.82, 2.24) is 10.2 Å². The van der Waals surface area contributed by atoms with Gasteiger partial charge >= 0.3 is 18.2 Å². The van der Waals surface area contributed by atoms with Gasteiger partial charge in [0.2, 0.25) is 0 Å². The van der Waals surface area contributed by atoms with Gasteiger partial charge in [0.05, 0.1) is 0 Å². The molecule has 0 aliphatic heterocycles. The fraction of sp³-hybridized carbons (Fsp3) is 0.800. The average Bonchev–Trinajstić information content (AvgIpc) is 2.20. The fourth-order valence-electron chi connectivity index (χ4n) is 1.25. The third-order valence-corrected chi connectivity index (χ3v) is 2.24. The van der Waals surface area contributed by atoms with E-state index in [4.69, 9.17) is 5.11 Å². The summed E-state index contributed by atoms with van der Waals surface area (Å²) in [7, 11) is 0. The first kappa shape index (κ1) is 16.5. The number of halogens is 3. The highest BCUT2D eigenvalue weighted by Gasteiger charge is 2.35. The minimum Gasteiger partial charge on any atom is -0.480 e. The third-order valence-electron chi connectivity index (χ3n) is 2.24. The van der Waals surface area contributed by atoms with Gasteiger partial charge in [-0.05, 0) is 20.3 Å². The predicted molar refractivity (Wildman–Crippen MR) is 58.1 cm³/mol. The Balaban J connectivity index is 4.72. The van der Waals surface area contributed by atoms with Crippen LogP contribution in [-0.4, -0.2) is 46.8 Å². The Kier molecular flexibility index (Phi) is 5.93. The molecule has 0 saturated heterocycles. The molecule has 0 saturated carbocycles. The lowest BCUT2D eigenvalue weighted by Crippen LogP contribution is -2.52. The highest BCUT2D eigenvalue weighted by Crippen LogP contribution is 2.18. The minimum atomic E-state index is -4.52. The molecule has 0 aliphatic rings. The standard InChI is InChI=1S/C10H17F3N2O3/c1-4-7(8(16)17)14-9(18)15(6(2)3)5-10(11,12)13/h6-7H,4-5H2,1-3H3,(H,14,18)(H,16,17). The Hall–Kier alpha value is -1.47.